The minimum absolute atomic E-state index is 0.0194. The first kappa shape index (κ1) is 26.3. The fourth-order valence-electron chi connectivity index (χ4n) is 5.11. The number of amides is 1. The number of carbonyl (C=O) groups is 2. The monoisotopic (exact) mass is 541 g/mol. The van der Waals surface area contributed by atoms with E-state index in [1.54, 1.807) is 24.4 Å². The van der Waals surface area contributed by atoms with Crippen LogP contribution in [-0.4, -0.2) is 47.9 Å². The number of rotatable bonds is 8. The SMILES string of the molecule is CCCN(c1ccccn1)c1cccc2c1OC[C@H]2N(C(=O)C(F)(F)F)c1ccc2c(c1)OC[C@H]2CC(=O)O. The second-order valence-electron chi connectivity index (χ2n) is 9.36. The van der Waals surface area contributed by atoms with E-state index in [4.69, 9.17) is 14.6 Å². The third kappa shape index (κ3) is 5.08. The summed E-state index contributed by atoms with van der Waals surface area (Å²) in [5, 5.41) is 9.15. The van der Waals surface area contributed by atoms with Crippen molar-refractivity contribution in [2.75, 3.05) is 29.6 Å². The lowest BCUT2D eigenvalue weighted by Crippen LogP contribution is -2.44. The molecule has 3 heterocycles. The molecule has 8 nitrogen and oxygen atoms in total. The van der Waals surface area contributed by atoms with Gasteiger partial charge in [-0.2, -0.15) is 13.2 Å². The van der Waals surface area contributed by atoms with Gasteiger partial charge >= 0.3 is 18.1 Å². The van der Waals surface area contributed by atoms with Crippen molar-refractivity contribution in [2.45, 2.75) is 37.9 Å². The van der Waals surface area contributed by atoms with Gasteiger partial charge < -0.3 is 19.5 Å². The highest BCUT2D eigenvalue weighted by Crippen LogP contribution is 2.47. The standard InChI is InChI=1S/C28H26F3N3O5/c1-2-12-33(24-8-3-4-11-32-24)21-7-5-6-20-22(16-39-26(20)21)34(27(37)28(29,30)31)18-9-10-19-17(13-25(35)36)15-38-23(19)14-18/h3-11,14,17,22H,2,12-13,15-16H2,1H3,(H,35,36)/t17-,22-/m1/s1. The highest BCUT2D eigenvalue weighted by Gasteiger charge is 2.48. The number of pyridine rings is 1. The lowest BCUT2D eigenvalue weighted by molar-refractivity contribution is -0.171. The molecule has 2 atom stereocenters. The van der Waals surface area contributed by atoms with Gasteiger partial charge in [0.2, 0.25) is 0 Å². The van der Waals surface area contributed by atoms with Crippen LogP contribution in [0.1, 0.15) is 42.9 Å². The Kier molecular flexibility index (Phi) is 7.07. The molecule has 0 unspecified atom stereocenters. The Morgan fingerprint density at radius 3 is 2.56 bits per heavy atom. The number of carboxylic acid groups (broad SMARTS) is 1. The molecule has 3 aromatic rings. The van der Waals surface area contributed by atoms with Gasteiger partial charge in [0.1, 0.15) is 23.9 Å². The second kappa shape index (κ2) is 10.5. The maximum Gasteiger partial charge on any atom is 0.471 e. The Bertz CT molecular complexity index is 1380. The Morgan fingerprint density at radius 2 is 1.87 bits per heavy atom. The molecule has 0 saturated carbocycles. The zero-order valence-corrected chi connectivity index (χ0v) is 21.0. The summed E-state index contributed by atoms with van der Waals surface area (Å²) >= 11 is 0. The van der Waals surface area contributed by atoms with Crippen molar-refractivity contribution in [3.8, 4) is 11.5 Å². The lowest BCUT2D eigenvalue weighted by atomic mass is 9.97. The third-order valence-corrected chi connectivity index (χ3v) is 6.78. The minimum atomic E-state index is -5.14. The van der Waals surface area contributed by atoms with Crippen LogP contribution in [0.25, 0.3) is 0 Å². The minimum Gasteiger partial charge on any atom is -0.493 e. The van der Waals surface area contributed by atoms with Crippen molar-refractivity contribution < 1.29 is 37.3 Å². The molecule has 39 heavy (non-hydrogen) atoms. The number of benzene rings is 2. The number of halogens is 3. The Balaban J connectivity index is 1.56. The molecule has 1 aromatic heterocycles. The molecule has 0 spiro atoms. The van der Waals surface area contributed by atoms with Crippen molar-refractivity contribution in [2.24, 2.45) is 0 Å². The zero-order chi connectivity index (χ0) is 27.7. The number of para-hydroxylation sites is 1. The summed E-state index contributed by atoms with van der Waals surface area (Å²) < 4.78 is 53.2. The number of nitrogens with zero attached hydrogens (tertiary/aromatic N) is 3. The van der Waals surface area contributed by atoms with Crippen LogP contribution in [-0.2, 0) is 9.59 Å². The van der Waals surface area contributed by atoms with Crippen LogP contribution < -0.4 is 19.3 Å². The number of hydrogen-bond acceptors (Lipinski definition) is 6. The molecule has 1 N–H and O–H groups in total. The van der Waals surface area contributed by atoms with Crippen molar-refractivity contribution in [1.82, 2.24) is 4.98 Å². The fraction of sp³-hybridized carbons (Fsp3) is 0.321. The van der Waals surface area contributed by atoms with Crippen molar-refractivity contribution in [1.29, 1.82) is 0 Å². The van der Waals surface area contributed by atoms with Crippen LogP contribution >= 0.6 is 0 Å². The maximum atomic E-state index is 13.9. The Hall–Kier alpha value is -4.28. The molecule has 0 radical (unpaired) electrons. The summed E-state index contributed by atoms with van der Waals surface area (Å²) in [7, 11) is 0. The van der Waals surface area contributed by atoms with E-state index in [-0.39, 0.29) is 31.1 Å². The maximum absolute atomic E-state index is 13.9. The number of alkyl halides is 3. The smallest absolute Gasteiger partial charge is 0.471 e. The molecular formula is C28H26F3N3O5. The first-order chi connectivity index (χ1) is 18.7. The first-order valence-electron chi connectivity index (χ1n) is 12.5. The summed E-state index contributed by atoms with van der Waals surface area (Å²) in [5.74, 6) is -2.16. The van der Waals surface area contributed by atoms with Crippen LogP contribution in [0, 0.1) is 0 Å². The average molecular weight is 542 g/mol. The predicted octanol–water partition coefficient (Wildman–Crippen LogP) is 5.61. The average Bonchev–Trinajstić information content (AvgIpc) is 3.51. The van der Waals surface area contributed by atoms with Gasteiger partial charge in [-0.3, -0.25) is 14.5 Å². The normalized spacial score (nSPS) is 17.5. The molecule has 0 aliphatic carbocycles. The van der Waals surface area contributed by atoms with Crippen LogP contribution in [0.2, 0.25) is 0 Å². The van der Waals surface area contributed by atoms with Gasteiger partial charge in [0, 0.05) is 41.5 Å². The van der Waals surface area contributed by atoms with Crippen LogP contribution in [0.3, 0.4) is 0 Å². The van der Waals surface area contributed by atoms with E-state index in [0.717, 1.165) is 6.42 Å². The third-order valence-electron chi connectivity index (χ3n) is 6.78. The molecular weight excluding hydrogens is 515 g/mol. The van der Waals surface area contributed by atoms with Gasteiger partial charge in [0.05, 0.1) is 24.8 Å². The van der Waals surface area contributed by atoms with Gasteiger partial charge in [0.25, 0.3) is 0 Å². The number of aliphatic carboxylic acids is 1. The molecule has 0 fully saturated rings. The summed E-state index contributed by atoms with van der Waals surface area (Å²) in [6.07, 6.45) is -2.88. The zero-order valence-electron chi connectivity index (χ0n) is 21.0. The Labute approximate surface area is 222 Å². The Morgan fingerprint density at radius 1 is 1.05 bits per heavy atom. The van der Waals surface area contributed by atoms with Gasteiger partial charge in [0.15, 0.2) is 0 Å². The van der Waals surface area contributed by atoms with Gasteiger partial charge in [-0.15, -0.1) is 0 Å². The highest BCUT2D eigenvalue weighted by atomic mass is 19.4. The first-order valence-corrected chi connectivity index (χ1v) is 12.5. The van der Waals surface area contributed by atoms with Crippen molar-refractivity contribution in [3.63, 3.8) is 0 Å². The van der Waals surface area contributed by atoms with Gasteiger partial charge in [-0.1, -0.05) is 31.2 Å². The number of aromatic nitrogens is 1. The summed E-state index contributed by atoms with van der Waals surface area (Å²) in [5.41, 5.74) is 1.64. The molecule has 2 aromatic carbocycles. The van der Waals surface area contributed by atoms with E-state index < -0.39 is 30.0 Å². The summed E-state index contributed by atoms with van der Waals surface area (Å²) in [4.78, 5) is 31.1. The van der Waals surface area contributed by atoms with Crippen molar-refractivity contribution in [3.05, 3.63) is 71.9 Å². The van der Waals surface area contributed by atoms with E-state index in [0.29, 0.717) is 39.8 Å². The second-order valence-corrected chi connectivity index (χ2v) is 9.36. The highest BCUT2D eigenvalue weighted by molar-refractivity contribution is 5.98. The van der Waals surface area contributed by atoms with E-state index in [9.17, 15) is 22.8 Å². The van der Waals surface area contributed by atoms with Gasteiger partial charge in [-0.05, 0) is 30.7 Å². The number of hydrogen-bond donors (Lipinski definition) is 1. The fourth-order valence-corrected chi connectivity index (χ4v) is 5.11. The molecule has 2 aliphatic rings. The molecule has 1 amide bonds. The van der Waals surface area contributed by atoms with E-state index in [1.807, 2.05) is 30.0 Å². The number of fused-ring (bicyclic) bond motifs is 2. The van der Waals surface area contributed by atoms with Gasteiger partial charge in [-0.25, -0.2) is 4.98 Å². The van der Waals surface area contributed by atoms with Crippen LogP contribution in [0.5, 0.6) is 11.5 Å². The molecule has 204 valence electrons. The largest absolute Gasteiger partial charge is 0.493 e. The van der Waals surface area contributed by atoms with Crippen LogP contribution in [0.4, 0.5) is 30.4 Å². The van der Waals surface area contributed by atoms with Crippen LogP contribution in [0.15, 0.2) is 60.8 Å². The summed E-state index contributed by atoms with van der Waals surface area (Å²) in [6.45, 7) is 2.50. The molecule has 0 bridgehead atoms. The quantitative estimate of drug-likeness (QED) is 0.396. The number of carbonyl (C=O) groups excluding carboxylic acids is 1. The number of carboxylic acids is 1. The molecule has 5 rings (SSSR count). The van der Waals surface area contributed by atoms with Crippen molar-refractivity contribution >= 4 is 29.1 Å². The molecule has 2 aliphatic heterocycles. The molecule has 0 saturated heterocycles. The van der Waals surface area contributed by atoms with E-state index >= 15 is 0 Å². The topological polar surface area (TPSA) is 92.2 Å². The number of anilines is 3. The van der Waals surface area contributed by atoms with E-state index in [1.165, 1.54) is 18.2 Å². The lowest BCUT2D eigenvalue weighted by Gasteiger charge is -2.29. The number of ether oxygens (including phenoxy) is 2. The summed E-state index contributed by atoms with van der Waals surface area (Å²) in [6, 6.07) is 13.9. The molecule has 11 heteroatoms. The van der Waals surface area contributed by atoms with E-state index in [2.05, 4.69) is 4.98 Å². The predicted molar refractivity (Wildman–Crippen MR) is 137 cm³/mol.